The fourth-order valence-electron chi connectivity index (χ4n) is 2.07. The van der Waals surface area contributed by atoms with Crippen LogP contribution in [0, 0.1) is 5.92 Å². The normalized spacial score (nSPS) is 16.2. The van der Waals surface area contributed by atoms with Crippen LogP contribution in [0.4, 0.5) is 10.5 Å². The molecule has 1 aliphatic rings. The molecule has 98 valence electrons. The van der Waals surface area contributed by atoms with Crippen LogP contribution in [0.3, 0.4) is 0 Å². The van der Waals surface area contributed by atoms with Gasteiger partial charge in [-0.3, -0.25) is 0 Å². The lowest BCUT2D eigenvalue weighted by Crippen LogP contribution is -2.39. The summed E-state index contributed by atoms with van der Waals surface area (Å²) in [7, 11) is 1.85. The number of carbonyl (C=O) groups excluding carboxylic acids is 1. The van der Waals surface area contributed by atoms with Gasteiger partial charge in [0.2, 0.25) is 0 Å². The lowest BCUT2D eigenvalue weighted by molar-refractivity contribution is 0.201. The van der Waals surface area contributed by atoms with E-state index >= 15 is 0 Å². The molecule has 1 aromatic carbocycles. The first-order chi connectivity index (χ1) is 8.61. The van der Waals surface area contributed by atoms with E-state index in [-0.39, 0.29) is 6.03 Å². The van der Waals surface area contributed by atoms with E-state index in [4.69, 9.17) is 5.73 Å². The third kappa shape index (κ3) is 3.01. The SMILES string of the molecule is CC(C1CC1)N(C)C(=O)Nc1cccc(CN)c1. The first-order valence-corrected chi connectivity index (χ1v) is 6.44. The van der Waals surface area contributed by atoms with Crippen LogP contribution in [0.25, 0.3) is 0 Å². The zero-order chi connectivity index (χ0) is 13.1. The second kappa shape index (κ2) is 5.40. The Hall–Kier alpha value is -1.55. The average Bonchev–Trinajstić information content (AvgIpc) is 3.21. The average molecular weight is 247 g/mol. The molecule has 18 heavy (non-hydrogen) atoms. The Labute approximate surface area is 108 Å². The number of rotatable bonds is 4. The Bertz CT molecular complexity index is 429. The minimum Gasteiger partial charge on any atom is -0.326 e. The van der Waals surface area contributed by atoms with Crippen molar-refractivity contribution < 1.29 is 4.79 Å². The minimum atomic E-state index is -0.0522. The van der Waals surface area contributed by atoms with Gasteiger partial charge in [-0.15, -0.1) is 0 Å². The van der Waals surface area contributed by atoms with Gasteiger partial charge >= 0.3 is 6.03 Å². The number of benzene rings is 1. The van der Waals surface area contributed by atoms with Gasteiger partial charge in [0.1, 0.15) is 0 Å². The molecule has 0 aliphatic heterocycles. The van der Waals surface area contributed by atoms with E-state index in [2.05, 4.69) is 12.2 Å². The Kier molecular flexibility index (Phi) is 3.87. The molecule has 1 aliphatic carbocycles. The molecule has 1 saturated carbocycles. The van der Waals surface area contributed by atoms with Gasteiger partial charge in [-0.1, -0.05) is 12.1 Å². The number of nitrogens with zero attached hydrogens (tertiary/aromatic N) is 1. The highest BCUT2D eigenvalue weighted by atomic mass is 16.2. The zero-order valence-electron chi connectivity index (χ0n) is 11.0. The van der Waals surface area contributed by atoms with Gasteiger partial charge in [-0.05, 0) is 43.4 Å². The van der Waals surface area contributed by atoms with E-state index in [0.717, 1.165) is 11.3 Å². The van der Waals surface area contributed by atoms with Crippen LogP contribution in [0.5, 0.6) is 0 Å². The number of nitrogens with one attached hydrogen (secondary N) is 1. The van der Waals surface area contributed by atoms with Crippen molar-refractivity contribution in [1.29, 1.82) is 0 Å². The molecular weight excluding hydrogens is 226 g/mol. The summed E-state index contributed by atoms with van der Waals surface area (Å²) in [5, 5.41) is 2.91. The Morgan fingerprint density at radius 2 is 2.28 bits per heavy atom. The Morgan fingerprint density at radius 3 is 2.89 bits per heavy atom. The summed E-state index contributed by atoms with van der Waals surface area (Å²) in [6, 6.07) is 7.90. The number of nitrogens with two attached hydrogens (primary N) is 1. The van der Waals surface area contributed by atoms with Crippen LogP contribution in [0.2, 0.25) is 0 Å². The first-order valence-electron chi connectivity index (χ1n) is 6.44. The fraction of sp³-hybridized carbons (Fsp3) is 0.500. The predicted octanol–water partition coefficient (Wildman–Crippen LogP) is 2.41. The van der Waals surface area contributed by atoms with Gasteiger partial charge in [-0.2, -0.15) is 0 Å². The number of hydrogen-bond acceptors (Lipinski definition) is 2. The van der Waals surface area contributed by atoms with Gasteiger partial charge < -0.3 is 16.0 Å². The van der Waals surface area contributed by atoms with Crippen LogP contribution >= 0.6 is 0 Å². The van der Waals surface area contributed by atoms with Crippen molar-refractivity contribution in [3.8, 4) is 0 Å². The highest BCUT2D eigenvalue weighted by molar-refractivity contribution is 5.89. The molecule has 0 heterocycles. The quantitative estimate of drug-likeness (QED) is 0.858. The van der Waals surface area contributed by atoms with E-state index in [9.17, 15) is 4.79 Å². The lowest BCUT2D eigenvalue weighted by Gasteiger charge is -2.25. The van der Waals surface area contributed by atoms with Gasteiger partial charge in [-0.25, -0.2) is 4.79 Å². The highest BCUT2D eigenvalue weighted by Gasteiger charge is 2.32. The zero-order valence-corrected chi connectivity index (χ0v) is 11.0. The second-order valence-electron chi connectivity index (χ2n) is 5.02. The van der Waals surface area contributed by atoms with Crippen molar-refractivity contribution >= 4 is 11.7 Å². The van der Waals surface area contributed by atoms with Crippen LogP contribution in [-0.2, 0) is 6.54 Å². The molecule has 2 amide bonds. The molecule has 1 fully saturated rings. The summed E-state index contributed by atoms with van der Waals surface area (Å²) < 4.78 is 0. The van der Waals surface area contributed by atoms with Crippen molar-refractivity contribution in [2.75, 3.05) is 12.4 Å². The van der Waals surface area contributed by atoms with Gasteiger partial charge in [0.25, 0.3) is 0 Å². The molecule has 0 aromatic heterocycles. The smallest absolute Gasteiger partial charge is 0.321 e. The van der Waals surface area contributed by atoms with E-state index in [1.807, 2.05) is 31.3 Å². The van der Waals surface area contributed by atoms with Crippen molar-refractivity contribution in [1.82, 2.24) is 4.90 Å². The molecule has 2 rings (SSSR count). The molecule has 3 N–H and O–H groups in total. The van der Waals surface area contributed by atoms with Crippen LogP contribution in [-0.4, -0.2) is 24.0 Å². The van der Waals surface area contributed by atoms with Gasteiger partial charge in [0.15, 0.2) is 0 Å². The summed E-state index contributed by atoms with van der Waals surface area (Å²) in [6.45, 7) is 2.59. The Morgan fingerprint density at radius 1 is 1.56 bits per heavy atom. The summed E-state index contributed by atoms with van der Waals surface area (Å²) in [6.07, 6.45) is 2.48. The maximum atomic E-state index is 12.1. The van der Waals surface area contributed by atoms with Crippen molar-refractivity contribution in [2.24, 2.45) is 11.7 Å². The highest BCUT2D eigenvalue weighted by Crippen LogP contribution is 2.34. The second-order valence-corrected chi connectivity index (χ2v) is 5.02. The summed E-state index contributed by atoms with van der Waals surface area (Å²) >= 11 is 0. The van der Waals surface area contributed by atoms with Crippen molar-refractivity contribution in [2.45, 2.75) is 32.4 Å². The molecule has 1 unspecified atom stereocenters. The summed E-state index contributed by atoms with van der Waals surface area (Å²) in [4.78, 5) is 13.9. The largest absolute Gasteiger partial charge is 0.326 e. The molecular formula is C14H21N3O. The first kappa shape index (κ1) is 12.9. The monoisotopic (exact) mass is 247 g/mol. The fourth-order valence-corrected chi connectivity index (χ4v) is 2.07. The topological polar surface area (TPSA) is 58.4 Å². The van der Waals surface area contributed by atoms with Gasteiger partial charge in [0.05, 0.1) is 0 Å². The van der Waals surface area contributed by atoms with Gasteiger partial charge in [0, 0.05) is 25.3 Å². The number of anilines is 1. The maximum Gasteiger partial charge on any atom is 0.321 e. The lowest BCUT2D eigenvalue weighted by atomic mass is 10.2. The number of carbonyl (C=O) groups is 1. The van der Waals surface area contributed by atoms with E-state index in [1.54, 1.807) is 4.90 Å². The van der Waals surface area contributed by atoms with E-state index < -0.39 is 0 Å². The van der Waals surface area contributed by atoms with Crippen molar-refractivity contribution in [3.63, 3.8) is 0 Å². The third-order valence-corrected chi connectivity index (χ3v) is 3.65. The minimum absolute atomic E-state index is 0.0522. The number of hydrogen-bond donors (Lipinski definition) is 2. The van der Waals surface area contributed by atoms with E-state index in [0.29, 0.717) is 18.5 Å². The number of amides is 2. The Balaban J connectivity index is 1.96. The molecule has 0 radical (unpaired) electrons. The van der Waals surface area contributed by atoms with Crippen LogP contribution in [0.1, 0.15) is 25.3 Å². The summed E-state index contributed by atoms with van der Waals surface area (Å²) in [5.74, 6) is 0.677. The molecule has 1 aromatic rings. The standard InChI is InChI=1S/C14H21N3O/c1-10(12-6-7-12)17(2)14(18)16-13-5-3-4-11(8-13)9-15/h3-5,8,10,12H,6-7,9,15H2,1-2H3,(H,16,18). The molecule has 0 spiro atoms. The molecule has 4 heteroatoms. The molecule has 1 atom stereocenters. The maximum absolute atomic E-state index is 12.1. The van der Waals surface area contributed by atoms with E-state index in [1.165, 1.54) is 12.8 Å². The molecule has 0 bridgehead atoms. The van der Waals surface area contributed by atoms with Crippen LogP contribution in [0.15, 0.2) is 24.3 Å². The number of urea groups is 1. The predicted molar refractivity (Wildman–Crippen MR) is 73.3 cm³/mol. The summed E-state index contributed by atoms with van der Waals surface area (Å²) in [5.41, 5.74) is 7.41. The van der Waals surface area contributed by atoms with Crippen LogP contribution < -0.4 is 11.1 Å². The van der Waals surface area contributed by atoms with Crippen molar-refractivity contribution in [3.05, 3.63) is 29.8 Å². The molecule has 0 saturated heterocycles. The molecule has 4 nitrogen and oxygen atoms in total. The third-order valence-electron chi connectivity index (χ3n) is 3.65.